The van der Waals surface area contributed by atoms with Crippen molar-refractivity contribution >= 4 is 50.6 Å². The van der Waals surface area contributed by atoms with Crippen LogP contribution in [0.5, 0.6) is 0 Å². The van der Waals surface area contributed by atoms with E-state index < -0.39 is 0 Å². The molecule has 2 aromatic heterocycles. The maximum absolute atomic E-state index is 11.2. The first-order valence-electron chi connectivity index (χ1n) is 5.49. The van der Waals surface area contributed by atoms with Crippen molar-refractivity contribution in [2.24, 2.45) is 0 Å². The number of thioether (sulfide) groups is 1. The van der Waals surface area contributed by atoms with Crippen molar-refractivity contribution in [2.45, 2.75) is 24.0 Å². The number of hydrogen-bond donors (Lipinski definition) is 0. The summed E-state index contributed by atoms with van der Waals surface area (Å²) in [4.78, 5) is 15.6. The zero-order valence-corrected chi connectivity index (χ0v) is 12.1. The van der Waals surface area contributed by atoms with Gasteiger partial charge in [0, 0.05) is 0 Å². The molecule has 0 bridgehead atoms. The minimum Gasteiger partial charge on any atom is -0.258 e. The van der Waals surface area contributed by atoms with E-state index in [0.29, 0.717) is 15.4 Å². The number of nitrogens with zero attached hydrogens (tertiary/aromatic N) is 2. The lowest BCUT2D eigenvalue weighted by molar-refractivity contribution is -0.385. The molecule has 0 spiro atoms. The quantitative estimate of drug-likeness (QED) is 0.263. The number of nitro groups is 1. The lowest BCUT2D eigenvalue weighted by atomic mass is 10.3. The Morgan fingerprint density at radius 1 is 1.56 bits per heavy atom. The van der Waals surface area contributed by atoms with Crippen LogP contribution in [0.2, 0.25) is 5.15 Å². The second-order valence-corrected chi connectivity index (χ2v) is 6.43. The summed E-state index contributed by atoms with van der Waals surface area (Å²) >= 11 is 8.67. The number of rotatable bonds is 5. The van der Waals surface area contributed by atoms with Crippen LogP contribution in [-0.4, -0.2) is 15.7 Å². The summed E-state index contributed by atoms with van der Waals surface area (Å²) < 4.78 is 0.721. The largest absolute Gasteiger partial charge is 0.303 e. The average Bonchev–Trinajstić information content (AvgIpc) is 2.66. The van der Waals surface area contributed by atoms with E-state index >= 15 is 0 Å². The van der Waals surface area contributed by atoms with E-state index in [1.807, 2.05) is 0 Å². The van der Waals surface area contributed by atoms with E-state index in [4.69, 9.17) is 11.6 Å². The smallest absolute Gasteiger partial charge is 0.258 e. The summed E-state index contributed by atoms with van der Waals surface area (Å²) in [7, 11) is 0. The molecule has 0 saturated carbocycles. The van der Waals surface area contributed by atoms with Gasteiger partial charge >= 0.3 is 5.69 Å². The normalized spacial score (nSPS) is 11.0. The van der Waals surface area contributed by atoms with Crippen molar-refractivity contribution in [1.82, 2.24) is 4.98 Å². The molecule has 0 aliphatic rings. The molecule has 0 aliphatic heterocycles. The standard InChI is InChI=1S/C11H11ClN2O2S2/c1-2-3-6-17-11-9(14(15)16)7-4-5-8(12)13-10(7)18-11/h4-5H,2-3,6H2,1H3. The lowest BCUT2D eigenvalue weighted by Gasteiger charge is -1.96. The van der Waals surface area contributed by atoms with Gasteiger partial charge in [-0.25, -0.2) is 4.98 Å². The molecule has 0 fully saturated rings. The number of aromatic nitrogens is 1. The second-order valence-electron chi connectivity index (χ2n) is 3.68. The highest BCUT2D eigenvalue weighted by Gasteiger charge is 2.23. The molecule has 2 rings (SSSR count). The maximum Gasteiger partial charge on any atom is 0.303 e. The Hall–Kier alpha value is -0.850. The minimum atomic E-state index is -0.331. The van der Waals surface area contributed by atoms with E-state index in [1.54, 1.807) is 12.1 Å². The summed E-state index contributed by atoms with van der Waals surface area (Å²) in [6, 6.07) is 3.26. The van der Waals surface area contributed by atoms with Crippen LogP contribution in [0.4, 0.5) is 5.69 Å². The Morgan fingerprint density at radius 2 is 2.33 bits per heavy atom. The summed E-state index contributed by atoms with van der Waals surface area (Å²) in [5.74, 6) is 0.887. The molecular formula is C11H11ClN2O2S2. The molecule has 4 nitrogen and oxygen atoms in total. The molecule has 2 aromatic rings. The van der Waals surface area contributed by atoms with Crippen molar-refractivity contribution in [3.8, 4) is 0 Å². The molecular weight excluding hydrogens is 292 g/mol. The molecule has 2 heterocycles. The minimum absolute atomic E-state index is 0.167. The average molecular weight is 303 g/mol. The number of unbranched alkanes of at least 4 members (excludes halogenated alkanes) is 1. The lowest BCUT2D eigenvalue weighted by Crippen LogP contribution is -1.88. The maximum atomic E-state index is 11.2. The molecule has 0 aromatic carbocycles. The van der Waals surface area contributed by atoms with Crippen molar-refractivity contribution in [3.05, 3.63) is 27.4 Å². The number of halogens is 1. The molecule has 0 saturated heterocycles. The summed E-state index contributed by atoms with van der Waals surface area (Å²) in [6.07, 6.45) is 2.13. The second kappa shape index (κ2) is 5.86. The first-order valence-corrected chi connectivity index (χ1v) is 7.67. The summed E-state index contributed by atoms with van der Waals surface area (Å²) in [6.45, 7) is 2.10. The van der Waals surface area contributed by atoms with E-state index in [2.05, 4.69) is 11.9 Å². The van der Waals surface area contributed by atoms with Crippen molar-refractivity contribution in [2.75, 3.05) is 5.75 Å². The fourth-order valence-electron chi connectivity index (χ4n) is 1.50. The van der Waals surface area contributed by atoms with Crippen LogP contribution < -0.4 is 0 Å². The predicted octanol–water partition coefficient (Wildman–Crippen LogP) is 4.75. The van der Waals surface area contributed by atoms with Crippen LogP contribution in [-0.2, 0) is 0 Å². The highest BCUT2D eigenvalue weighted by Crippen LogP contribution is 2.43. The van der Waals surface area contributed by atoms with Crippen LogP contribution in [0.15, 0.2) is 16.3 Å². The van der Waals surface area contributed by atoms with Gasteiger partial charge in [-0.05, 0) is 24.3 Å². The number of hydrogen-bond acceptors (Lipinski definition) is 5. The molecule has 0 unspecified atom stereocenters. The van der Waals surface area contributed by atoms with Crippen LogP contribution in [0.1, 0.15) is 19.8 Å². The van der Waals surface area contributed by atoms with E-state index in [1.165, 1.54) is 23.1 Å². The Morgan fingerprint density at radius 3 is 3.00 bits per heavy atom. The van der Waals surface area contributed by atoms with E-state index in [9.17, 15) is 10.1 Å². The Balaban J connectivity index is 2.44. The first-order chi connectivity index (χ1) is 8.63. The van der Waals surface area contributed by atoms with Crippen LogP contribution >= 0.6 is 34.7 Å². The monoisotopic (exact) mass is 302 g/mol. The van der Waals surface area contributed by atoms with Crippen LogP contribution in [0.25, 0.3) is 10.2 Å². The van der Waals surface area contributed by atoms with Crippen molar-refractivity contribution in [1.29, 1.82) is 0 Å². The van der Waals surface area contributed by atoms with Gasteiger partial charge in [-0.2, -0.15) is 0 Å². The highest BCUT2D eigenvalue weighted by atomic mass is 35.5. The van der Waals surface area contributed by atoms with Crippen molar-refractivity contribution < 1.29 is 4.92 Å². The molecule has 7 heteroatoms. The van der Waals surface area contributed by atoms with Gasteiger partial charge in [-0.3, -0.25) is 10.1 Å². The van der Waals surface area contributed by atoms with Crippen LogP contribution in [0.3, 0.4) is 0 Å². The fraction of sp³-hybridized carbons (Fsp3) is 0.364. The van der Waals surface area contributed by atoms with Gasteiger partial charge in [-0.1, -0.05) is 24.9 Å². The number of pyridine rings is 1. The van der Waals surface area contributed by atoms with Gasteiger partial charge < -0.3 is 0 Å². The zero-order chi connectivity index (χ0) is 13.1. The molecule has 18 heavy (non-hydrogen) atoms. The molecule has 0 N–H and O–H groups in total. The van der Waals surface area contributed by atoms with Gasteiger partial charge in [-0.15, -0.1) is 23.1 Å². The SMILES string of the molecule is CCCCSc1sc2nc(Cl)ccc2c1[N+](=O)[O-]. The third-order valence-corrected chi connectivity index (χ3v) is 5.02. The molecule has 0 atom stereocenters. The molecule has 0 amide bonds. The first kappa shape index (κ1) is 13.6. The van der Waals surface area contributed by atoms with E-state index in [-0.39, 0.29) is 10.6 Å². The Labute approximate surface area is 118 Å². The fourth-order valence-corrected chi connectivity index (χ4v) is 4.24. The topological polar surface area (TPSA) is 56.0 Å². The molecule has 0 aliphatic carbocycles. The van der Waals surface area contributed by atoms with Gasteiger partial charge in [0.25, 0.3) is 0 Å². The predicted molar refractivity (Wildman–Crippen MR) is 76.9 cm³/mol. The molecule has 0 radical (unpaired) electrons. The Bertz CT molecular complexity index is 586. The van der Waals surface area contributed by atoms with Gasteiger partial charge in [0.05, 0.1) is 10.3 Å². The van der Waals surface area contributed by atoms with Crippen molar-refractivity contribution in [3.63, 3.8) is 0 Å². The number of thiophene rings is 1. The van der Waals surface area contributed by atoms with Crippen LogP contribution in [0, 0.1) is 10.1 Å². The third-order valence-electron chi connectivity index (χ3n) is 2.38. The highest BCUT2D eigenvalue weighted by molar-refractivity contribution is 8.01. The van der Waals surface area contributed by atoms with E-state index in [0.717, 1.165) is 22.8 Å². The summed E-state index contributed by atoms with van der Waals surface area (Å²) in [5.41, 5.74) is 0.167. The number of fused-ring (bicyclic) bond motifs is 1. The zero-order valence-electron chi connectivity index (χ0n) is 9.68. The Kier molecular flexibility index (Phi) is 4.42. The third kappa shape index (κ3) is 2.76. The van der Waals surface area contributed by atoms with Gasteiger partial charge in [0.15, 0.2) is 0 Å². The molecule has 96 valence electrons. The van der Waals surface area contributed by atoms with Gasteiger partial charge in [0.2, 0.25) is 0 Å². The van der Waals surface area contributed by atoms with Gasteiger partial charge in [0.1, 0.15) is 14.2 Å². The summed E-state index contributed by atoms with van der Waals surface area (Å²) in [5, 5.41) is 12.1.